The molecule has 0 N–H and O–H groups in total. The molecule has 0 saturated carbocycles. The molecule has 15 heavy (non-hydrogen) atoms. The third kappa shape index (κ3) is 1.56. The van der Waals surface area contributed by atoms with Crippen LogP contribution in [0.1, 0.15) is 19.3 Å². The number of aromatic nitrogens is 3. The summed E-state index contributed by atoms with van der Waals surface area (Å²) in [5.41, 5.74) is 1.05. The topological polar surface area (TPSA) is 33.4 Å². The van der Waals surface area contributed by atoms with Gasteiger partial charge in [0.25, 0.3) is 0 Å². The van der Waals surface area contributed by atoms with Gasteiger partial charge in [-0.25, -0.2) is 9.50 Å². The predicted molar refractivity (Wildman–Crippen MR) is 59.1 cm³/mol. The van der Waals surface area contributed by atoms with Gasteiger partial charge in [-0.05, 0) is 31.4 Å². The number of hydrogen-bond donors (Lipinski definition) is 0. The van der Waals surface area contributed by atoms with Gasteiger partial charge in [0.2, 0.25) is 0 Å². The van der Waals surface area contributed by atoms with Crippen LogP contribution < -0.4 is 4.90 Å². The van der Waals surface area contributed by atoms with Crippen molar-refractivity contribution < 1.29 is 0 Å². The first-order valence-corrected chi connectivity index (χ1v) is 5.48. The SMILES string of the molecule is c1cc2cncn2nc1N1CCCCC1. The van der Waals surface area contributed by atoms with Gasteiger partial charge >= 0.3 is 0 Å². The minimum Gasteiger partial charge on any atom is -0.355 e. The van der Waals surface area contributed by atoms with E-state index < -0.39 is 0 Å². The Bertz CT molecular complexity index is 456. The zero-order valence-electron chi connectivity index (χ0n) is 8.63. The third-order valence-corrected chi connectivity index (χ3v) is 2.94. The number of fused-ring (bicyclic) bond motifs is 1. The molecule has 1 aliphatic heterocycles. The van der Waals surface area contributed by atoms with Gasteiger partial charge in [0.15, 0.2) is 0 Å². The second-order valence-corrected chi connectivity index (χ2v) is 4.00. The normalized spacial score (nSPS) is 17.2. The van der Waals surface area contributed by atoms with E-state index in [-0.39, 0.29) is 0 Å². The average molecular weight is 202 g/mol. The van der Waals surface area contributed by atoms with E-state index in [4.69, 9.17) is 0 Å². The van der Waals surface area contributed by atoms with Crippen LogP contribution >= 0.6 is 0 Å². The molecule has 3 rings (SSSR count). The Kier molecular flexibility index (Phi) is 2.05. The Labute approximate surface area is 88.5 Å². The Morgan fingerprint density at radius 2 is 1.93 bits per heavy atom. The van der Waals surface area contributed by atoms with Gasteiger partial charge in [0.05, 0.1) is 11.7 Å². The smallest absolute Gasteiger partial charge is 0.149 e. The van der Waals surface area contributed by atoms with Crippen LogP contribution in [0.15, 0.2) is 24.7 Å². The van der Waals surface area contributed by atoms with Crippen molar-refractivity contribution in [3.63, 3.8) is 0 Å². The summed E-state index contributed by atoms with van der Waals surface area (Å²) >= 11 is 0. The Morgan fingerprint density at radius 3 is 2.80 bits per heavy atom. The lowest BCUT2D eigenvalue weighted by molar-refractivity contribution is 0.570. The number of imidazole rings is 1. The van der Waals surface area contributed by atoms with E-state index in [1.807, 2.05) is 10.7 Å². The van der Waals surface area contributed by atoms with Crippen LogP contribution in [0.2, 0.25) is 0 Å². The number of piperidine rings is 1. The molecule has 0 amide bonds. The van der Waals surface area contributed by atoms with Crippen LogP contribution in [-0.2, 0) is 0 Å². The molecule has 4 nitrogen and oxygen atoms in total. The number of hydrogen-bond acceptors (Lipinski definition) is 3. The first kappa shape index (κ1) is 8.71. The van der Waals surface area contributed by atoms with E-state index in [2.05, 4.69) is 27.1 Å². The maximum absolute atomic E-state index is 4.54. The molecule has 0 atom stereocenters. The van der Waals surface area contributed by atoms with Gasteiger partial charge in [-0.2, -0.15) is 0 Å². The molecule has 78 valence electrons. The van der Waals surface area contributed by atoms with Crippen molar-refractivity contribution in [2.24, 2.45) is 0 Å². The highest BCUT2D eigenvalue weighted by Gasteiger charge is 2.12. The molecule has 2 aromatic rings. The molecule has 0 aromatic carbocycles. The maximum atomic E-state index is 4.54. The fraction of sp³-hybridized carbons (Fsp3) is 0.455. The van der Waals surface area contributed by atoms with E-state index in [0.29, 0.717) is 0 Å². The van der Waals surface area contributed by atoms with Gasteiger partial charge in [0, 0.05) is 13.1 Å². The molecular weight excluding hydrogens is 188 g/mol. The van der Waals surface area contributed by atoms with Crippen molar-refractivity contribution >= 4 is 11.3 Å². The Hall–Kier alpha value is -1.58. The molecule has 0 bridgehead atoms. The second kappa shape index (κ2) is 3.53. The minimum atomic E-state index is 1.05. The second-order valence-electron chi connectivity index (χ2n) is 4.00. The van der Waals surface area contributed by atoms with Gasteiger partial charge in [-0.1, -0.05) is 0 Å². The zero-order valence-corrected chi connectivity index (χ0v) is 8.63. The van der Waals surface area contributed by atoms with Crippen molar-refractivity contribution in [2.45, 2.75) is 19.3 Å². The lowest BCUT2D eigenvalue weighted by Crippen LogP contribution is -2.30. The molecule has 1 saturated heterocycles. The molecular formula is C11H14N4. The fourth-order valence-corrected chi connectivity index (χ4v) is 2.10. The van der Waals surface area contributed by atoms with Crippen LogP contribution in [0.4, 0.5) is 5.82 Å². The van der Waals surface area contributed by atoms with Crippen LogP contribution in [0.5, 0.6) is 0 Å². The van der Waals surface area contributed by atoms with Crippen molar-refractivity contribution in [1.82, 2.24) is 14.6 Å². The molecule has 1 fully saturated rings. The van der Waals surface area contributed by atoms with Crippen LogP contribution in [0.3, 0.4) is 0 Å². The Morgan fingerprint density at radius 1 is 1.07 bits per heavy atom. The van der Waals surface area contributed by atoms with E-state index in [1.165, 1.54) is 19.3 Å². The van der Waals surface area contributed by atoms with Crippen molar-refractivity contribution in [3.8, 4) is 0 Å². The van der Waals surface area contributed by atoms with Crippen LogP contribution in [0.25, 0.3) is 5.52 Å². The van der Waals surface area contributed by atoms with Crippen molar-refractivity contribution in [2.75, 3.05) is 18.0 Å². The summed E-state index contributed by atoms with van der Waals surface area (Å²) < 4.78 is 1.84. The number of nitrogens with zero attached hydrogens (tertiary/aromatic N) is 4. The molecule has 1 aliphatic rings. The van der Waals surface area contributed by atoms with Gasteiger partial charge in [0.1, 0.15) is 12.1 Å². The predicted octanol–water partition coefficient (Wildman–Crippen LogP) is 1.72. The Balaban J connectivity index is 1.95. The summed E-state index contributed by atoms with van der Waals surface area (Å²) in [5.74, 6) is 1.07. The van der Waals surface area contributed by atoms with E-state index >= 15 is 0 Å². The van der Waals surface area contributed by atoms with Crippen molar-refractivity contribution in [1.29, 1.82) is 0 Å². The largest absolute Gasteiger partial charge is 0.355 e. The lowest BCUT2D eigenvalue weighted by Gasteiger charge is -2.27. The molecule has 0 radical (unpaired) electrons. The van der Waals surface area contributed by atoms with Crippen LogP contribution in [-0.4, -0.2) is 27.7 Å². The molecule has 2 aromatic heterocycles. The molecule has 0 unspecified atom stereocenters. The van der Waals surface area contributed by atoms with E-state index in [1.54, 1.807) is 6.33 Å². The van der Waals surface area contributed by atoms with Gasteiger partial charge < -0.3 is 4.90 Å². The third-order valence-electron chi connectivity index (χ3n) is 2.94. The lowest BCUT2D eigenvalue weighted by atomic mass is 10.1. The zero-order chi connectivity index (χ0) is 10.1. The summed E-state index contributed by atoms with van der Waals surface area (Å²) in [5, 5.41) is 4.54. The first-order valence-electron chi connectivity index (χ1n) is 5.48. The summed E-state index contributed by atoms with van der Waals surface area (Å²) in [6.07, 6.45) is 7.49. The van der Waals surface area contributed by atoms with Crippen molar-refractivity contribution in [3.05, 3.63) is 24.7 Å². The fourth-order valence-electron chi connectivity index (χ4n) is 2.10. The summed E-state index contributed by atoms with van der Waals surface area (Å²) in [6, 6.07) is 4.16. The summed E-state index contributed by atoms with van der Waals surface area (Å²) in [4.78, 5) is 6.42. The van der Waals surface area contributed by atoms with Gasteiger partial charge in [-0.3, -0.25) is 0 Å². The van der Waals surface area contributed by atoms with E-state index in [0.717, 1.165) is 24.4 Å². The molecule has 0 aliphatic carbocycles. The number of anilines is 1. The monoisotopic (exact) mass is 202 g/mol. The minimum absolute atomic E-state index is 1.05. The number of rotatable bonds is 1. The summed E-state index contributed by atoms with van der Waals surface area (Å²) in [7, 11) is 0. The maximum Gasteiger partial charge on any atom is 0.149 e. The highest BCUT2D eigenvalue weighted by molar-refractivity contribution is 5.49. The average Bonchev–Trinajstić information content (AvgIpc) is 2.77. The highest BCUT2D eigenvalue weighted by atomic mass is 15.3. The standard InChI is InChI=1S/C11H14N4/c1-2-6-14(7-3-1)11-5-4-10-8-12-9-15(10)13-11/h4-5,8-9H,1-3,6-7H2. The van der Waals surface area contributed by atoms with Crippen LogP contribution in [0, 0.1) is 0 Å². The molecule has 3 heterocycles. The molecule has 0 spiro atoms. The summed E-state index contributed by atoms with van der Waals surface area (Å²) in [6.45, 7) is 2.26. The highest BCUT2D eigenvalue weighted by Crippen LogP contribution is 2.17. The molecule has 4 heteroatoms. The van der Waals surface area contributed by atoms with E-state index in [9.17, 15) is 0 Å². The quantitative estimate of drug-likeness (QED) is 0.706. The first-order chi connectivity index (χ1) is 7.43. The van der Waals surface area contributed by atoms with Gasteiger partial charge in [-0.15, -0.1) is 5.10 Å².